The van der Waals surface area contributed by atoms with E-state index in [9.17, 15) is 13.9 Å². The minimum atomic E-state index is -1.00. The highest BCUT2D eigenvalue weighted by molar-refractivity contribution is 6.31. The van der Waals surface area contributed by atoms with Crippen LogP contribution in [0, 0.1) is 11.6 Å². The van der Waals surface area contributed by atoms with Gasteiger partial charge in [-0.15, -0.1) is 0 Å². The maximum absolute atomic E-state index is 13.4. The van der Waals surface area contributed by atoms with E-state index >= 15 is 0 Å². The zero-order valence-corrected chi connectivity index (χ0v) is 12.1. The first-order valence-electron chi connectivity index (χ1n) is 6.98. The van der Waals surface area contributed by atoms with Gasteiger partial charge in [0, 0.05) is 16.5 Å². The second-order valence-corrected chi connectivity index (χ2v) is 5.84. The molecule has 3 rings (SSSR count). The number of hydrogen-bond acceptors (Lipinski definition) is 1. The van der Waals surface area contributed by atoms with E-state index in [1.807, 2.05) is 24.3 Å². The Morgan fingerprint density at radius 3 is 2.67 bits per heavy atom. The number of aliphatic hydroxyl groups is 1. The summed E-state index contributed by atoms with van der Waals surface area (Å²) in [6.07, 6.45) is 1.80. The molecule has 2 unspecified atom stereocenters. The van der Waals surface area contributed by atoms with Crippen LogP contribution in [-0.4, -0.2) is 5.11 Å². The van der Waals surface area contributed by atoms with Crippen molar-refractivity contribution < 1.29 is 13.9 Å². The van der Waals surface area contributed by atoms with Crippen molar-refractivity contribution in [2.45, 2.75) is 31.3 Å². The quantitative estimate of drug-likeness (QED) is 0.792. The molecule has 0 radical (unpaired) electrons. The Hall–Kier alpha value is -1.45. The zero-order chi connectivity index (χ0) is 15.0. The number of aryl methyl sites for hydroxylation is 1. The van der Waals surface area contributed by atoms with E-state index in [-0.39, 0.29) is 16.5 Å². The zero-order valence-electron chi connectivity index (χ0n) is 11.3. The van der Waals surface area contributed by atoms with Crippen LogP contribution in [0.25, 0.3) is 0 Å². The summed E-state index contributed by atoms with van der Waals surface area (Å²) in [6, 6.07) is 9.84. The summed E-state index contributed by atoms with van der Waals surface area (Å²) >= 11 is 5.98. The number of rotatable bonds is 2. The van der Waals surface area contributed by atoms with Crippen molar-refractivity contribution in [2.75, 3.05) is 0 Å². The molecule has 0 saturated carbocycles. The molecule has 2 aromatic carbocycles. The third kappa shape index (κ3) is 2.68. The first kappa shape index (κ1) is 14.5. The molecule has 21 heavy (non-hydrogen) atoms. The Morgan fingerprint density at radius 2 is 1.86 bits per heavy atom. The van der Waals surface area contributed by atoms with Crippen LogP contribution in [0.1, 0.15) is 41.6 Å². The van der Waals surface area contributed by atoms with E-state index in [2.05, 4.69) is 0 Å². The van der Waals surface area contributed by atoms with Gasteiger partial charge in [-0.05, 0) is 42.5 Å². The highest BCUT2D eigenvalue weighted by Crippen LogP contribution is 2.42. The molecule has 0 spiro atoms. The lowest BCUT2D eigenvalue weighted by molar-refractivity contribution is 0.135. The normalized spacial score (nSPS) is 19.1. The van der Waals surface area contributed by atoms with Gasteiger partial charge in [-0.3, -0.25) is 0 Å². The van der Waals surface area contributed by atoms with Crippen LogP contribution in [0.15, 0.2) is 36.4 Å². The molecular formula is C17H15ClF2O. The monoisotopic (exact) mass is 308 g/mol. The fourth-order valence-electron chi connectivity index (χ4n) is 3.10. The lowest BCUT2D eigenvalue weighted by Gasteiger charge is -2.30. The molecule has 110 valence electrons. The van der Waals surface area contributed by atoms with Crippen LogP contribution in [0.5, 0.6) is 0 Å². The van der Waals surface area contributed by atoms with E-state index in [1.54, 1.807) is 0 Å². The van der Waals surface area contributed by atoms with Gasteiger partial charge in [-0.25, -0.2) is 8.78 Å². The van der Waals surface area contributed by atoms with Crippen molar-refractivity contribution in [1.29, 1.82) is 0 Å². The Bertz CT molecular complexity index is 672. The molecule has 2 aromatic rings. The van der Waals surface area contributed by atoms with Gasteiger partial charge in [0.25, 0.3) is 0 Å². The van der Waals surface area contributed by atoms with Gasteiger partial charge in [0.1, 0.15) is 0 Å². The van der Waals surface area contributed by atoms with Crippen LogP contribution < -0.4 is 0 Å². The lowest BCUT2D eigenvalue weighted by atomic mass is 9.78. The molecule has 0 aromatic heterocycles. The molecule has 1 N–H and O–H groups in total. The molecule has 4 heteroatoms. The maximum Gasteiger partial charge on any atom is 0.160 e. The van der Waals surface area contributed by atoms with Crippen LogP contribution in [0.4, 0.5) is 8.78 Å². The van der Waals surface area contributed by atoms with Crippen molar-refractivity contribution in [3.05, 3.63) is 69.7 Å². The highest BCUT2D eigenvalue weighted by Gasteiger charge is 2.29. The smallest absolute Gasteiger partial charge is 0.160 e. The number of hydrogen-bond donors (Lipinski definition) is 1. The van der Waals surface area contributed by atoms with Gasteiger partial charge in [0.15, 0.2) is 11.6 Å². The predicted molar refractivity (Wildman–Crippen MR) is 78.4 cm³/mol. The summed E-state index contributed by atoms with van der Waals surface area (Å²) in [5.41, 5.74) is 2.51. The van der Waals surface area contributed by atoms with Crippen LogP contribution >= 0.6 is 11.6 Å². The van der Waals surface area contributed by atoms with E-state index in [0.717, 1.165) is 37.0 Å². The van der Waals surface area contributed by atoms with E-state index in [1.165, 1.54) is 5.56 Å². The third-order valence-electron chi connectivity index (χ3n) is 4.16. The van der Waals surface area contributed by atoms with Crippen molar-refractivity contribution in [1.82, 2.24) is 0 Å². The van der Waals surface area contributed by atoms with Crippen molar-refractivity contribution in [3.8, 4) is 0 Å². The Morgan fingerprint density at radius 1 is 1.14 bits per heavy atom. The molecule has 0 bridgehead atoms. The van der Waals surface area contributed by atoms with E-state index < -0.39 is 17.7 Å². The summed E-state index contributed by atoms with van der Waals surface area (Å²) in [6.45, 7) is 0. The standard InChI is InChI=1S/C17H15ClF2O/c18-14-9-16(20)15(19)8-13(14)17(21)12-7-3-5-10-4-1-2-6-11(10)12/h1-2,4,6,8-9,12,17,21H,3,5,7H2. The topological polar surface area (TPSA) is 20.2 Å². The first-order valence-corrected chi connectivity index (χ1v) is 7.36. The lowest BCUT2D eigenvalue weighted by Crippen LogP contribution is -2.17. The van der Waals surface area contributed by atoms with Crippen LogP contribution in [-0.2, 0) is 6.42 Å². The van der Waals surface area contributed by atoms with Crippen LogP contribution in [0.2, 0.25) is 5.02 Å². The molecule has 0 fully saturated rings. The first-order chi connectivity index (χ1) is 10.1. The second kappa shape index (κ2) is 5.74. The van der Waals surface area contributed by atoms with Gasteiger partial charge < -0.3 is 5.11 Å². The highest BCUT2D eigenvalue weighted by atomic mass is 35.5. The fourth-order valence-corrected chi connectivity index (χ4v) is 3.36. The Balaban J connectivity index is 2.00. The van der Waals surface area contributed by atoms with Gasteiger partial charge in [-0.1, -0.05) is 35.9 Å². The van der Waals surface area contributed by atoms with Gasteiger partial charge >= 0.3 is 0 Å². The fraction of sp³-hybridized carbons (Fsp3) is 0.294. The van der Waals surface area contributed by atoms with Crippen molar-refractivity contribution >= 4 is 11.6 Å². The number of benzene rings is 2. The van der Waals surface area contributed by atoms with Crippen molar-refractivity contribution in [2.24, 2.45) is 0 Å². The van der Waals surface area contributed by atoms with Gasteiger partial charge in [0.2, 0.25) is 0 Å². The second-order valence-electron chi connectivity index (χ2n) is 5.43. The molecule has 0 heterocycles. The SMILES string of the molecule is OC(c1cc(F)c(F)cc1Cl)C1CCCc2ccccc21. The minimum absolute atomic E-state index is 0.0597. The molecule has 2 atom stereocenters. The number of halogens is 3. The summed E-state index contributed by atoms with van der Waals surface area (Å²) in [4.78, 5) is 0. The van der Waals surface area contributed by atoms with Gasteiger partial charge in [-0.2, -0.15) is 0 Å². The summed E-state index contributed by atoms with van der Waals surface area (Å²) in [5.74, 6) is -2.13. The molecule has 1 aliphatic rings. The summed E-state index contributed by atoms with van der Waals surface area (Å²) in [7, 11) is 0. The Labute approximate surface area is 127 Å². The maximum atomic E-state index is 13.4. The predicted octanol–water partition coefficient (Wildman–Crippen LogP) is 4.77. The largest absolute Gasteiger partial charge is 0.388 e. The van der Waals surface area contributed by atoms with Gasteiger partial charge in [0.05, 0.1) is 6.10 Å². The Kier molecular flexibility index (Phi) is 3.96. The average molecular weight is 309 g/mol. The average Bonchev–Trinajstić information content (AvgIpc) is 2.49. The molecule has 0 saturated heterocycles. The summed E-state index contributed by atoms with van der Waals surface area (Å²) < 4.78 is 26.6. The van der Waals surface area contributed by atoms with E-state index in [0.29, 0.717) is 0 Å². The van der Waals surface area contributed by atoms with Crippen molar-refractivity contribution in [3.63, 3.8) is 0 Å². The third-order valence-corrected chi connectivity index (χ3v) is 4.48. The van der Waals surface area contributed by atoms with E-state index in [4.69, 9.17) is 11.6 Å². The molecule has 1 aliphatic carbocycles. The molecule has 1 nitrogen and oxygen atoms in total. The molecule has 0 aliphatic heterocycles. The van der Waals surface area contributed by atoms with Crippen LogP contribution in [0.3, 0.4) is 0 Å². The number of aliphatic hydroxyl groups excluding tert-OH is 1. The molecular weight excluding hydrogens is 294 g/mol. The summed E-state index contributed by atoms with van der Waals surface area (Å²) in [5, 5.41) is 10.7. The molecule has 0 amide bonds. The minimum Gasteiger partial charge on any atom is -0.388 e. The number of fused-ring (bicyclic) bond motifs is 1.